The molecule has 0 heterocycles. The molecule has 10 heteroatoms. The van der Waals surface area contributed by atoms with Crippen molar-refractivity contribution in [2.75, 3.05) is 47.5 Å². The molecule has 0 rings (SSSR count). The third kappa shape index (κ3) is 66.3. The Labute approximate surface area is 507 Å². The highest BCUT2D eigenvalue weighted by molar-refractivity contribution is 7.45. The van der Waals surface area contributed by atoms with Gasteiger partial charge in [0.25, 0.3) is 7.82 Å². The monoisotopic (exact) mass is 1170 g/mol. The second-order valence-corrected chi connectivity index (χ2v) is 25.6. The summed E-state index contributed by atoms with van der Waals surface area (Å²) in [6.45, 7) is 4.12. The summed E-state index contributed by atoms with van der Waals surface area (Å²) in [6, 6.07) is 0. The molecule has 0 aliphatic carbocycles. The van der Waals surface area contributed by atoms with E-state index < -0.39 is 26.5 Å². The average molecular weight is 1170 g/mol. The topological polar surface area (TPSA) is 111 Å². The number of ether oxygens (including phenoxy) is 2. The Morgan fingerprint density at radius 1 is 0.390 bits per heavy atom. The fourth-order valence-corrected chi connectivity index (χ4v) is 10.4. The van der Waals surface area contributed by atoms with E-state index in [-0.39, 0.29) is 32.0 Å². The number of carbonyl (C=O) groups is 2. The normalized spacial score (nSPS) is 13.7. The van der Waals surface area contributed by atoms with Crippen LogP contribution in [-0.2, 0) is 32.7 Å². The molecule has 0 saturated carbocycles. The van der Waals surface area contributed by atoms with Crippen molar-refractivity contribution in [3.63, 3.8) is 0 Å². The summed E-state index contributed by atoms with van der Waals surface area (Å²) in [6.07, 6.45) is 85.3. The molecule has 0 bridgehead atoms. The summed E-state index contributed by atoms with van der Waals surface area (Å²) in [5.41, 5.74) is 0. The second-order valence-electron chi connectivity index (χ2n) is 24.2. The van der Waals surface area contributed by atoms with Crippen molar-refractivity contribution in [1.29, 1.82) is 0 Å². The molecule has 0 aliphatic rings. The minimum absolute atomic E-state index is 0.0324. The van der Waals surface area contributed by atoms with Gasteiger partial charge in [0, 0.05) is 12.8 Å². The molecule has 0 saturated heterocycles. The number of phosphoric acid groups is 1. The Balaban J connectivity index is 3.91. The molecule has 0 aromatic carbocycles. The van der Waals surface area contributed by atoms with E-state index in [9.17, 15) is 19.0 Å². The van der Waals surface area contributed by atoms with Crippen LogP contribution in [0.1, 0.15) is 309 Å². The molecule has 0 aromatic heterocycles. The molecule has 82 heavy (non-hydrogen) atoms. The summed E-state index contributed by atoms with van der Waals surface area (Å²) in [5.74, 6) is -0.832. The van der Waals surface area contributed by atoms with E-state index in [4.69, 9.17) is 18.5 Å². The molecular weight excluding hydrogens is 1040 g/mol. The van der Waals surface area contributed by atoms with Gasteiger partial charge in [-0.15, -0.1) is 0 Å². The quantitative estimate of drug-likeness (QED) is 0.0195. The lowest BCUT2D eigenvalue weighted by molar-refractivity contribution is -0.870. The first-order valence-corrected chi connectivity index (χ1v) is 35.8. The number of allylic oxidation sites excluding steroid dienone is 14. The van der Waals surface area contributed by atoms with Crippen LogP contribution < -0.4 is 4.89 Å². The van der Waals surface area contributed by atoms with Crippen LogP contribution in [-0.4, -0.2) is 70.0 Å². The Bertz CT molecular complexity index is 1660. The predicted molar refractivity (Wildman–Crippen MR) is 351 cm³/mol. The second kappa shape index (κ2) is 62.7. The zero-order valence-corrected chi connectivity index (χ0v) is 55.1. The first-order valence-electron chi connectivity index (χ1n) is 34.3. The predicted octanol–water partition coefficient (Wildman–Crippen LogP) is 21.5. The van der Waals surface area contributed by atoms with Crippen molar-refractivity contribution in [3.05, 3.63) is 85.1 Å². The number of likely N-dealkylation sites (N-methyl/N-ethyl adjacent to an activating group) is 1. The Morgan fingerprint density at radius 3 is 1.04 bits per heavy atom. The van der Waals surface area contributed by atoms with Crippen LogP contribution in [0.25, 0.3) is 0 Å². The Morgan fingerprint density at radius 2 is 0.695 bits per heavy atom. The first-order chi connectivity index (χ1) is 40.0. The van der Waals surface area contributed by atoms with Gasteiger partial charge in [-0.3, -0.25) is 14.2 Å². The van der Waals surface area contributed by atoms with Gasteiger partial charge in [-0.05, 0) is 89.9 Å². The summed E-state index contributed by atoms with van der Waals surface area (Å²) >= 11 is 0. The van der Waals surface area contributed by atoms with Crippen LogP contribution in [0.4, 0.5) is 0 Å². The lowest BCUT2D eigenvalue weighted by Crippen LogP contribution is -2.37. The third-order valence-corrected chi connectivity index (χ3v) is 15.9. The fraction of sp³-hybridized carbons (Fsp3) is 0.778. The van der Waals surface area contributed by atoms with Gasteiger partial charge < -0.3 is 27.9 Å². The highest BCUT2D eigenvalue weighted by Crippen LogP contribution is 2.38. The number of hydrogen-bond acceptors (Lipinski definition) is 8. The van der Waals surface area contributed by atoms with E-state index in [0.717, 1.165) is 89.9 Å². The van der Waals surface area contributed by atoms with Gasteiger partial charge in [0.2, 0.25) is 0 Å². The van der Waals surface area contributed by atoms with E-state index >= 15 is 0 Å². The van der Waals surface area contributed by atoms with E-state index in [1.807, 2.05) is 21.1 Å². The average Bonchev–Trinajstić information content (AvgIpc) is 3.45. The molecule has 2 atom stereocenters. The summed E-state index contributed by atoms with van der Waals surface area (Å²) in [5, 5.41) is 0. The number of hydrogen-bond donors (Lipinski definition) is 0. The SMILES string of the molecule is CC/C=C\C/C=C\C/C=C\C/C=C\C/C=C\CCCCCCCCCCCCCCCCCCCCCCCCCCCC(=O)OC(COC(=O)CCCCCCCCC/C=C\C/C=C\CCCCC)COP(=O)([O-])OCC[N+](C)(C)C. The number of esters is 2. The van der Waals surface area contributed by atoms with E-state index in [0.29, 0.717) is 17.4 Å². The molecule has 2 unspecified atom stereocenters. The summed E-state index contributed by atoms with van der Waals surface area (Å²) < 4.78 is 34.2. The number of unbranched alkanes of at least 4 members (excludes halogenated alkanes) is 35. The van der Waals surface area contributed by atoms with Gasteiger partial charge in [0.05, 0.1) is 27.7 Å². The van der Waals surface area contributed by atoms with Gasteiger partial charge in [-0.1, -0.05) is 292 Å². The molecule has 0 aliphatic heterocycles. The van der Waals surface area contributed by atoms with Crippen molar-refractivity contribution >= 4 is 19.8 Å². The maximum atomic E-state index is 12.8. The highest BCUT2D eigenvalue weighted by Gasteiger charge is 2.22. The van der Waals surface area contributed by atoms with E-state index in [2.05, 4.69) is 98.9 Å². The first kappa shape index (κ1) is 79.2. The smallest absolute Gasteiger partial charge is 0.306 e. The van der Waals surface area contributed by atoms with Crippen molar-refractivity contribution < 1.29 is 42.1 Å². The zero-order chi connectivity index (χ0) is 59.8. The number of carbonyl (C=O) groups excluding carboxylic acids is 2. The number of nitrogens with zero attached hydrogens (tertiary/aromatic N) is 1. The number of rotatable bonds is 63. The summed E-state index contributed by atoms with van der Waals surface area (Å²) in [7, 11) is 1.17. The van der Waals surface area contributed by atoms with Crippen molar-refractivity contribution in [2.45, 2.75) is 315 Å². The summed E-state index contributed by atoms with van der Waals surface area (Å²) in [4.78, 5) is 37.9. The lowest BCUT2D eigenvalue weighted by Gasteiger charge is -2.28. The zero-order valence-electron chi connectivity index (χ0n) is 54.2. The van der Waals surface area contributed by atoms with Gasteiger partial charge in [0.15, 0.2) is 6.10 Å². The maximum Gasteiger partial charge on any atom is 0.306 e. The van der Waals surface area contributed by atoms with Gasteiger partial charge in [-0.2, -0.15) is 0 Å². The number of quaternary nitrogens is 1. The van der Waals surface area contributed by atoms with Crippen LogP contribution >= 0.6 is 7.82 Å². The van der Waals surface area contributed by atoms with Gasteiger partial charge in [0.1, 0.15) is 19.8 Å². The van der Waals surface area contributed by atoms with Crippen molar-refractivity contribution in [3.8, 4) is 0 Å². The third-order valence-electron chi connectivity index (χ3n) is 14.9. The molecule has 0 aromatic rings. The van der Waals surface area contributed by atoms with Gasteiger partial charge >= 0.3 is 11.9 Å². The Kier molecular flexibility index (Phi) is 60.6. The van der Waals surface area contributed by atoms with Crippen LogP contribution in [0, 0.1) is 0 Å². The molecule has 0 amide bonds. The van der Waals surface area contributed by atoms with Gasteiger partial charge in [-0.25, -0.2) is 0 Å². The highest BCUT2D eigenvalue weighted by atomic mass is 31.2. The molecular formula is C72H130NO8P. The maximum absolute atomic E-state index is 12.8. The Hall–Kier alpha value is -2.81. The number of phosphoric ester groups is 1. The molecule has 0 N–H and O–H groups in total. The molecule has 9 nitrogen and oxygen atoms in total. The van der Waals surface area contributed by atoms with Crippen LogP contribution in [0.3, 0.4) is 0 Å². The minimum Gasteiger partial charge on any atom is -0.756 e. The lowest BCUT2D eigenvalue weighted by atomic mass is 10.0. The van der Waals surface area contributed by atoms with Crippen molar-refractivity contribution in [1.82, 2.24) is 0 Å². The molecule has 0 fully saturated rings. The molecule has 476 valence electrons. The van der Waals surface area contributed by atoms with Crippen LogP contribution in [0.2, 0.25) is 0 Å². The molecule has 0 radical (unpaired) electrons. The minimum atomic E-state index is -4.64. The largest absolute Gasteiger partial charge is 0.756 e. The van der Waals surface area contributed by atoms with E-state index in [1.54, 1.807) is 0 Å². The van der Waals surface area contributed by atoms with Crippen molar-refractivity contribution in [2.24, 2.45) is 0 Å². The van der Waals surface area contributed by atoms with E-state index in [1.165, 1.54) is 186 Å². The fourth-order valence-electron chi connectivity index (χ4n) is 9.66. The van der Waals surface area contributed by atoms with Crippen LogP contribution in [0.5, 0.6) is 0 Å². The molecule has 0 spiro atoms. The van der Waals surface area contributed by atoms with Crippen LogP contribution in [0.15, 0.2) is 85.1 Å². The standard InChI is InChI=1S/C72H130NO8P/c1-6-8-10-12-14-16-18-20-22-24-25-26-27-28-29-30-31-32-33-34-35-36-37-38-39-40-41-42-43-44-45-46-47-49-51-53-55-57-59-61-63-65-72(75)81-70(69-80-82(76,77)79-67-66-73(3,4)5)68-78-71(74)64-62-60-58-56-54-52-50-48-23-21-19-17-15-13-11-9-7-2/h8,10,14-17,20-23,25-26,28-29,70H,6-7,9,11-13,18-19,24,27,30-69H2,1-5H3/b10-8-,16-14-,17-15-,22-20-,23-21-,26-25-,29-28-.